The van der Waals surface area contributed by atoms with Crippen molar-refractivity contribution in [3.63, 3.8) is 0 Å². The third-order valence-corrected chi connectivity index (χ3v) is 4.32. The Morgan fingerprint density at radius 3 is 2.26 bits per heavy atom. The molecule has 1 unspecified atom stereocenters. The van der Waals surface area contributed by atoms with Crippen LogP contribution < -0.4 is 9.47 Å². The highest BCUT2D eigenvalue weighted by molar-refractivity contribution is 6.53. The zero-order valence-electron chi connectivity index (χ0n) is 10.9. The van der Waals surface area contributed by atoms with Crippen molar-refractivity contribution in [1.82, 2.24) is 0 Å². The van der Waals surface area contributed by atoms with Crippen LogP contribution in [0.15, 0.2) is 24.3 Å². The molecule has 0 aromatic heterocycles. The molecule has 0 amide bonds. The summed E-state index contributed by atoms with van der Waals surface area (Å²) in [5, 5.41) is 0. The van der Waals surface area contributed by atoms with Crippen molar-refractivity contribution < 1.29 is 14.3 Å². The van der Waals surface area contributed by atoms with E-state index < -0.39 is 15.7 Å². The number of carbonyl (C=O) groups excluding carboxylic acids is 1. The quantitative estimate of drug-likeness (QED) is 0.469. The van der Waals surface area contributed by atoms with Crippen LogP contribution in [0.2, 0.25) is 0 Å². The number of esters is 1. The predicted molar refractivity (Wildman–Crippen MR) is 75.0 cm³/mol. The van der Waals surface area contributed by atoms with Gasteiger partial charge in [-0.05, 0) is 37.6 Å². The van der Waals surface area contributed by atoms with Crippen molar-refractivity contribution in [1.29, 1.82) is 0 Å². The summed E-state index contributed by atoms with van der Waals surface area (Å²) in [6.07, 6.45) is 1.36. The van der Waals surface area contributed by atoms with Gasteiger partial charge < -0.3 is 9.47 Å². The standard InChI is InChI=1S/C14H16Cl2O3/c1-3-8-18-10-4-6-11(7-5-10)19-12(17)13(2)9-14(13,15)16/h4-7H,3,8-9H2,1-2H3. The van der Waals surface area contributed by atoms with Gasteiger partial charge in [0.05, 0.1) is 6.61 Å². The number of ether oxygens (including phenoxy) is 2. The Morgan fingerprint density at radius 1 is 1.26 bits per heavy atom. The maximum Gasteiger partial charge on any atom is 0.320 e. The van der Waals surface area contributed by atoms with Gasteiger partial charge in [-0.1, -0.05) is 6.92 Å². The fourth-order valence-electron chi connectivity index (χ4n) is 1.66. The van der Waals surface area contributed by atoms with Crippen LogP contribution in [0.4, 0.5) is 0 Å². The summed E-state index contributed by atoms with van der Waals surface area (Å²) in [5.41, 5.74) is -0.812. The molecular formula is C14H16Cl2O3. The molecule has 1 aromatic rings. The highest BCUT2D eigenvalue weighted by Gasteiger charge is 2.69. The first-order valence-electron chi connectivity index (χ1n) is 6.22. The average Bonchev–Trinajstić information content (AvgIpc) is 2.89. The molecule has 0 bridgehead atoms. The molecule has 5 heteroatoms. The van der Waals surface area contributed by atoms with E-state index in [0.29, 0.717) is 18.8 Å². The minimum atomic E-state index is -1.01. The van der Waals surface area contributed by atoms with Gasteiger partial charge in [0, 0.05) is 6.42 Å². The van der Waals surface area contributed by atoms with Crippen LogP contribution in [0, 0.1) is 5.41 Å². The largest absolute Gasteiger partial charge is 0.494 e. The lowest BCUT2D eigenvalue weighted by Crippen LogP contribution is -2.23. The number of hydrogen-bond donors (Lipinski definition) is 0. The fourth-order valence-corrected chi connectivity index (χ4v) is 2.35. The molecule has 0 spiro atoms. The number of rotatable bonds is 5. The Kier molecular flexibility index (Phi) is 3.98. The maximum absolute atomic E-state index is 11.9. The third-order valence-electron chi connectivity index (χ3n) is 3.22. The normalized spacial score (nSPS) is 23.8. The molecule has 19 heavy (non-hydrogen) atoms. The second-order valence-corrected chi connectivity index (χ2v) is 6.41. The first-order valence-corrected chi connectivity index (χ1v) is 6.97. The van der Waals surface area contributed by atoms with Crippen molar-refractivity contribution in [3.05, 3.63) is 24.3 Å². The molecule has 0 radical (unpaired) electrons. The molecule has 0 aliphatic heterocycles. The monoisotopic (exact) mass is 302 g/mol. The Labute approximate surface area is 122 Å². The first kappa shape index (κ1) is 14.5. The van der Waals surface area contributed by atoms with E-state index in [1.54, 1.807) is 31.2 Å². The van der Waals surface area contributed by atoms with Gasteiger partial charge in [0.15, 0.2) is 0 Å². The minimum absolute atomic E-state index is 0.403. The molecule has 1 aliphatic rings. The van der Waals surface area contributed by atoms with Gasteiger partial charge in [0.25, 0.3) is 0 Å². The van der Waals surface area contributed by atoms with Crippen LogP contribution in [-0.2, 0) is 4.79 Å². The van der Waals surface area contributed by atoms with Gasteiger partial charge in [-0.25, -0.2) is 0 Å². The molecule has 2 rings (SSSR count). The topological polar surface area (TPSA) is 35.5 Å². The second-order valence-electron chi connectivity index (χ2n) is 4.92. The van der Waals surface area contributed by atoms with E-state index in [2.05, 4.69) is 0 Å². The molecule has 0 heterocycles. The van der Waals surface area contributed by atoms with Crippen LogP contribution in [0.25, 0.3) is 0 Å². The van der Waals surface area contributed by atoms with Crippen molar-refractivity contribution in [2.75, 3.05) is 6.61 Å². The summed E-state index contributed by atoms with van der Waals surface area (Å²) in [6, 6.07) is 6.92. The van der Waals surface area contributed by atoms with Gasteiger partial charge in [-0.3, -0.25) is 4.79 Å². The lowest BCUT2D eigenvalue weighted by Gasteiger charge is -2.12. The summed E-state index contributed by atoms with van der Waals surface area (Å²) >= 11 is 11.9. The average molecular weight is 303 g/mol. The Hall–Kier alpha value is -0.930. The summed E-state index contributed by atoms with van der Waals surface area (Å²) in [7, 11) is 0. The second kappa shape index (κ2) is 5.22. The summed E-state index contributed by atoms with van der Waals surface area (Å²) in [5.74, 6) is 0.814. The van der Waals surface area contributed by atoms with Crippen LogP contribution in [0.1, 0.15) is 26.7 Å². The molecule has 1 saturated carbocycles. The molecule has 104 valence electrons. The smallest absolute Gasteiger partial charge is 0.320 e. The fraction of sp³-hybridized carbons (Fsp3) is 0.500. The number of hydrogen-bond acceptors (Lipinski definition) is 3. The Morgan fingerprint density at radius 2 is 1.79 bits per heavy atom. The lowest BCUT2D eigenvalue weighted by atomic mass is 10.1. The van der Waals surface area contributed by atoms with E-state index in [9.17, 15) is 4.79 Å². The SMILES string of the molecule is CCCOc1ccc(OC(=O)C2(C)CC2(Cl)Cl)cc1. The van der Waals surface area contributed by atoms with Gasteiger partial charge in [-0.15, -0.1) is 23.2 Å². The Bertz CT molecular complexity index is 470. The molecule has 0 N–H and O–H groups in total. The molecule has 1 aliphatic carbocycles. The van der Waals surface area contributed by atoms with Crippen molar-refractivity contribution in [3.8, 4) is 11.5 Å². The highest BCUT2D eigenvalue weighted by Crippen LogP contribution is 2.64. The van der Waals surface area contributed by atoms with E-state index in [4.69, 9.17) is 32.7 Å². The van der Waals surface area contributed by atoms with Crippen LogP contribution in [-0.4, -0.2) is 16.9 Å². The summed E-state index contributed by atoms with van der Waals surface area (Å²) < 4.78 is 9.71. The van der Waals surface area contributed by atoms with E-state index in [-0.39, 0.29) is 0 Å². The van der Waals surface area contributed by atoms with Gasteiger partial charge >= 0.3 is 5.97 Å². The van der Waals surface area contributed by atoms with E-state index in [1.807, 2.05) is 6.92 Å². The van der Waals surface area contributed by atoms with Gasteiger partial charge in [0.1, 0.15) is 21.2 Å². The van der Waals surface area contributed by atoms with Crippen LogP contribution in [0.3, 0.4) is 0 Å². The lowest BCUT2D eigenvalue weighted by molar-refractivity contribution is -0.139. The molecule has 3 nitrogen and oxygen atoms in total. The van der Waals surface area contributed by atoms with Crippen LogP contribution >= 0.6 is 23.2 Å². The highest BCUT2D eigenvalue weighted by atomic mass is 35.5. The predicted octanol–water partition coefficient (Wildman–Crippen LogP) is 3.96. The van der Waals surface area contributed by atoms with Crippen molar-refractivity contribution >= 4 is 29.2 Å². The van der Waals surface area contributed by atoms with Crippen molar-refractivity contribution in [2.45, 2.75) is 31.0 Å². The molecule has 1 atom stereocenters. The number of carbonyl (C=O) groups is 1. The van der Waals surface area contributed by atoms with E-state index >= 15 is 0 Å². The summed E-state index contributed by atoms with van der Waals surface area (Å²) in [6.45, 7) is 4.41. The molecular weight excluding hydrogens is 287 g/mol. The number of alkyl halides is 2. The van der Waals surface area contributed by atoms with Crippen LogP contribution in [0.5, 0.6) is 11.5 Å². The summed E-state index contributed by atoms with van der Waals surface area (Å²) in [4.78, 5) is 11.9. The number of halogens is 2. The Balaban J connectivity index is 1.95. The van der Waals surface area contributed by atoms with Gasteiger partial charge in [-0.2, -0.15) is 0 Å². The maximum atomic E-state index is 11.9. The van der Waals surface area contributed by atoms with E-state index in [1.165, 1.54) is 0 Å². The zero-order valence-corrected chi connectivity index (χ0v) is 12.4. The van der Waals surface area contributed by atoms with E-state index in [0.717, 1.165) is 12.2 Å². The minimum Gasteiger partial charge on any atom is -0.494 e. The zero-order chi connectivity index (χ0) is 14.1. The third kappa shape index (κ3) is 2.98. The number of benzene rings is 1. The first-order chi connectivity index (χ1) is 8.89. The van der Waals surface area contributed by atoms with Crippen molar-refractivity contribution in [2.24, 2.45) is 5.41 Å². The molecule has 1 fully saturated rings. The van der Waals surface area contributed by atoms with Gasteiger partial charge in [0.2, 0.25) is 0 Å². The molecule has 0 saturated heterocycles. The molecule has 1 aromatic carbocycles.